The zero-order valence-electron chi connectivity index (χ0n) is 78.4. The molecular formula is C103H107ClO39S. The third-order valence-electron chi connectivity index (χ3n) is 19.8. The van der Waals surface area contributed by atoms with Crippen molar-refractivity contribution in [2.75, 3.05) is 85.5 Å². The van der Waals surface area contributed by atoms with Crippen molar-refractivity contribution < 1.29 is 186 Å². The number of carbonyl (C=O) groups excluding carboxylic acids is 15. The molecular weight excluding hydrogens is 1930 g/mol. The smallest absolute Gasteiger partial charge is 0.343 e. The van der Waals surface area contributed by atoms with E-state index in [0.717, 1.165) is 55.2 Å². The number of aromatic hydroxyl groups is 2. The van der Waals surface area contributed by atoms with Crippen LogP contribution in [0.15, 0.2) is 234 Å². The van der Waals surface area contributed by atoms with Crippen LogP contribution < -0.4 is 42.6 Å². The first-order valence-electron chi connectivity index (χ1n) is 44.4. The summed E-state index contributed by atoms with van der Waals surface area (Å²) in [6.45, 7) is 24.3. The van der Waals surface area contributed by atoms with Gasteiger partial charge in [0.15, 0.2) is 0 Å². The van der Waals surface area contributed by atoms with Gasteiger partial charge in [0.1, 0.15) is 125 Å². The van der Waals surface area contributed by atoms with E-state index in [4.69, 9.17) is 90.4 Å². The highest BCUT2D eigenvalue weighted by Gasteiger charge is 2.36. The summed E-state index contributed by atoms with van der Waals surface area (Å²) in [6.07, 6.45) is 15.0. The molecule has 0 atom stereocenters. The van der Waals surface area contributed by atoms with Gasteiger partial charge in [0, 0.05) is 41.1 Å². The number of carbonyl (C=O) groups is 16. The Balaban J connectivity index is 0.000000380. The Kier molecular flexibility index (Phi) is 50.4. The molecule has 0 heterocycles. The van der Waals surface area contributed by atoms with Crippen molar-refractivity contribution in [1.29, 1.82) is 0 Å². The maximum Gasteiger partial charge on any atom is 0.343 e. The minimum Gasteiger partial charge on any atom is -0.507 e. The SMILES string of the molecule is C=CC(=O)OCCCCOc1ccc(C(=O)O)cc1.C=CC(=O)OCCOC(=O)c1cc(OC(=O)C2CCC(C(=O)Oc3ccc(O)c(C(=O)OCCOC(=O)C=C)c3)CC2)ccc1O.C=CCOC(=O)c1cc(OC(=O)C2CCC(C(=O)Oc3ccc(OC(=O)c4ccc(OCCCCOC(=O)C=C)cc4)c(C(=O)OCC=C)c3)CC2)ccc1OC(=O)c1ccc(OCCCCOC(=O)C=C)cc1.CS(=O)(=O)Cl. The number of rotatable bonds is 50. The van der Waals surface area contributed by atoms with Gasteiger partial charge < -0.3 is 101 Å². The molecule has 41 heteroatoms. The molecule has 2 saturated carbocycles. The highest BCUT2D eigenvalue weighted by Crippen LogP contribution is 2.37. The third kappa shape index (κ3) is 43.1. The molecule has 39 nitrogen and oxygen atoms in total. The Morgan fingerprint density at radius 3 is 0.792 bits per heavy atom. The lowest BCUT2D eigenvalue weighted by Crippen LogP contribution is -2.30. The topological polar surface area (TPSA) is 534 Å². The molecule has 2 aliphatic rings. The normalized spacial score (nSPS) is 13.6. The number of aromatic carboxylic acids is 1. The van der Waals surface area contributed by atoms with E-state index in [-0.39, 0.29) is 152 Å². The van der Waals surface area contributed by atoms with E-state index >= 15 is 0 Å². The zero-order chi connectivity index (χ0) is 105. The summed E-state index contributed by atoms with van der Waals surface area (Å²) >= 11 is 0. The maximum absolute atomic E-state index is 13.4. The number of hydrogen-bond donors (Lipinski definition) is 3. The number of unbranched alkanes of at least 4 members (excludes halogenated alkanes) is 3. The van der Waals surface area contributed by atoms with Crippen molar-refractivity contribution in [2.45, 2.75) is 89.9 Å². The largest absolute Gasteiger partial charge is 0.507 e. The molecule has 0 aliphatic heterocycles. The molecule has 2 fully saturated rings. The Bertz CT molecular complexity index is 5500. The molecule has 3 N–H and O–H groups in total. The van der Waals surface area contributed by atoms with E-state index < -0.39 is 140 Å². The Morgan fingerprint density at radius 1 is 0.299 bits per heavy atom. The van der Waals surface area contributed by atoms with Crippen molar-refractivity contribution >= 4 is 115 Å². The number of halogens is 1. The van der Waals surface area contributed by atoms with Gasteiger partial charge in [-0.15, -0.1) is 0 Å². The summed E-state index contributed by atoms with van der Waals surface area (Å²) in [4.78, 5) is 195. The zero-order valence-corrected chi connectivity index (χ0v) is 79.9. The van der Waals surface area contributed by atoms with Crippen LogP contribution >= 0.6 is 10.7 Å². The molecule has 0 unspecified atom stereocenters. The molecule has 0 spiro atoms. The number of carboxylic acids is 1. The number of ether oxygens (including phenoxy) is 18. The number of benzene rings is 7. The fourth-order valence-corrected chi connectivity index (χ4v) is 12.6. The van der Waals surface area contributed by atoms with Gasteiger partial charge in [-0.1, -0.05) is 58.2 Å². The summed E-state index contributed by atoms with van der Waals surface area (Å²) in [5.41, 5.74) is -0.357. The highest BCUT2D eigenvalue weighted by atomic mass is 35.7. The first kappa shape index (κ1) is 116. The fourth-order valence-electron chi connectivity index (χ4n) is 12.6. The summed E-state index contributed by atoms with van der Waals surface area (Å²) in [5.74, 6) is -13.2. The van der Waals surface area contributed by atoms with Gasteiger partial charge in [0.25, 0.3) is 0 Å². The second-order valence-electron chi connectivity index (χ2n) is 30.4. The molecule has 2 aliphatic carbocycles. The van der Waals surface area contributed by atoms with Crippen molar-refractivity contribution in [3.63, 3.8) is 0 Å². The Morgan fingerprint density at radius 2 is 0.528 bits per heavy atom. The average Bonchev–Trinajstić information content (AvgIpc) is 0.820. The molecule has 7 aromatic rings. The van der Waals surface area contributed by atoms with Gasteiger partial charge in [-0.2, -0.15) is 0 Å². The summed E-state index contributed by atoms with van der Waals surface area (Å²) < 4.78 is 113. The van der Waals surface area contributed by atoms with Gasteiger partial charge in [0.2, 0.25) is 9.05 Å². The van der Waals surface area contributed by atoms with E-state index in [9.17, 15) is 95.3 Å². The van der Waals surface area contributed by atoms with E-state index in [1.807, 2.05) is 0 Å². The van der Waals surface area contributed by atoms with Crippen LogP contribution in [0.25, 0.3) is 0 Å². The Labute approximate surface area is 832 Å². The standard InChI is InChI=1S/C56H56O18.C32H32O14.C14H16O5.CH3ClO2S/c1-5-29-69-55(63)45-35-43(25-27-47(45)73-53(61)39-17-21-41(22-18-39)65-31-9-11-33-67-49(57)7-3)71-51(59)37-13-15-38(16-14-37)52(60)72-44-26-28-48(46(36-44)56(64)70-30-6-2)74-54(62)40-19-23-42(24-20-40)66-32-10-12-34-68-50(58)8-4;1-3-27(35)41-13-15-43-31(39)23-17-21(9-11-25(23)33)45-29(37)19-5-7-20(8-6-19)30(38)46-22-10-12-26(34)24(18-22)32(40)44-16-14-42-28(36)4-2;1-2-13(15)19-10-4-3-9-18-12-7-5-11(6-8-12)14(16)17;1-5(2,3)4/h5-8,17-28,35-38H,1-4,9-16,29-34H2;3-4,9-12,17-20,33-34H,1-2,5-8,13-16H2;2,5-8H,1,3-4,9-10H2,(H,16,17);1H3. The lowest BCUT2D eigenvalue weighted by molar-refractivity contribution is -0.145. The lowest BCUT2D eigenvalue weighted by Gasteiger charge is -2.26. The third-order valence-corrected chi connectivity index (χ3v) is 19.8. The molecule has 7 aromatic carbocycles. The average molecular weight is 2040 g/mol. The predicted octanol–water partition coefficient (Wildman–Crippen LogP) is 14.5. The molecule has 0 aromatic heterocycles. The van der Waals surface area contributed by atoms with Crippen LogP contribution in [0.2, 0.25) is 0 Å². The van der Waals surface area contributed by atoms with Gasteiger partial charge in [-0.25, -0.2) is 66.0 Å². The molecule has 0 bridgehead atoms. The van der Waals surface area contributed by atoms with E-state index in [1.54, 1.807) is 36.4 Å². The van der Waals surface area contributed by atoms with Crippen molar-refractivity contribution in [1.82, 2.24) is 0 Å². The minimum atomic E-state index is -3.19. The number of esters is 15. The second-order valence-corrected chi connectivity index (χ2v) is 33.4. The van der Waals surface area contributed by atoms with Crippen LogP contribution in [0.1, 0.15) is 162 Å². The summed E-state index contributed by atoms with van der Waals surface area (Å²) in [5, 5.41) is 28.8. The lowest BCUT2D eigenvalue weighted by atomic mass is 9.82. The van der Waals surface area contributed by atoms with E-state index in [2.05, 4.69) is 56.7 Å². The van der Waals surface area contributed by atoms with Crippen LogP contribution in [0, 0.1) is 23.7 Å². The molecule has 144 heavy (non-hydrogen) atoms. The van der Waals surface area contributed by atoms with Crippen molar-refractivity contribution in [3.05, 3.63) is 273 Å². The van der Waals surface area contributed by atoms with Crippen molar-refractivity contribution in [2.24, 2.45) is 23.7 Å². The number of phenolic OH excluding ortho intramolecular Hbond substituents is 2. The van der Waals surface area contributed by atoms with Gasteiger partial charge in [-0.3, -0.25) is 19.2 Å². The van der Waals surface area contributed by atoms with Crippen LogP contribution in [0.5, 0.6) is 63.2 Å². The van der Waals surface area contributed by atoms with Crippen LogP contribution in [0.3, 0.4) is 0 Å². The molecule has 766 valence electrons. The maximum atomic E-state index is 13.4. The summed E-state index contributed by atoms with van der Waals surface area (Å²) in [7, 11) is 1.31. The monoisotopic (exact) mass is 2030 g/mol. The van der Waals surface area contributed by atoms with Crippen LogP contribution in [0.4, 0.5) is 0 Å². The van der Waals surface area contributed by atoms with Gasteiger partial charge >= 0.3 is 95.5 Å². The van der Waals surface area contributed by atoms with Gasteiger partial charge in [0.05, 0.1) is 86.3 Å². The second kappa shape index (κ2) is 62.5. The van der Waals surface area contributed by atoms with Crippen LogP contribution in [-0.2, 0) is 94.8 Å². The fraction of sp³-hybridized carbons (Fsp3) is 0.301. The predicted molar refractivity (Wildman–Crippen MR) is 511 cm³/mol. The number of hydrogen-bond acceptors (Lipinski definition) is 38. The number of phenols is 2. The first-order chi connectivity index (χ1) is 69.0. The van der Waals surface area contributed by atoms with Gasteiger partial charge in [-0.05, 0) is 235 Å². The highest BCUT2D eigenvalue weighted by molar-refractivity contribution is 8.13. The van der Waals surface area contributed by atoms with E-state index in [0.29, 0.717) is 101 Å². The molecule has 0 radical (unpaired) electrons. The molecule has 0 saturated heterocycles. The van der Waals surface area contributed by atoms with E-state index in [1.165, 1.54) is 109 Å². The van der Waals surface area contributed by atoms with Crippen molar-refractivity contribution in [3.8, 4) is 63.2 Å². The Hall–Kier alpha value is -16.5. The quantitative estimate of drug-likeness (QED) is 0.00606. The molecule has 9 rings (SSSR count). The number of carboxylic acid groups (broad SMARTS) is 1. The summed E-state index contributed by atoms with van der Waals surface area (Å²) in [6, 6.07) is 33.5. The van der Waals surface area contributed by atoms with Crippen LogP contribution in [-0.4, -0.2) is 205 Å². The minimum absolute atomic E-state index is 0.00573. The molecule has 0 amide bonds. The first-order valence-corrected chi connectivity index (χ1v) is 47.1.